The number of hydrogen-bond acceptors (Lipinski definition) is 5. The van der Waals surface area contributed by atoms with Crippen molar-refractivity contribution in [2.24, 2.45) is 5.92 Å². The molecule has 0 saturated carbocycles. The minimum absolute atomic E-state index is 0.348. The second-order valence-electron chi connectivity index (χ2n) is 5.02. The van der Waals surface area contributed by atoms with Gasteiger partial charge in [-0.3, -0.25) is 10.1 Å². The molecule has 6 heteroatoms. The van der Waals surface area contributed by atoms with Crippen molar-refractivity contribution in [3.8, 4) is 9.88 Å². The Bertz CT molecular complexity index is 549. The number of thiophene rings is 1. The molecule has 0 aliphatic rings. The number of nitrogens with one attached hydrogen (secondary N) is 1. The first-order valence-corrected chi connectivity index (χ1v) is 8.26. The van der Waals surface area contributed by atoms with Gasteiger partial charge in [-0.1, -0.05) is 19.9 Å². The molecule has 0 fully saturated rings. The normalized spacial score (nSPS) is 12.8. The maximum atomic E-state index is 11.2. The molecule has 2 N–H and O–H groups in total. The van der Waals surface area contributed by atoms with Crippen molar-refractivity contribution < 1.29 is 9.90 Å². The summed E-state index contributed by atoms with van der Waals surface area (Å²) in [5, 5.41) is 17.3. The molecule has 0 amide bonds. The molecule has 0 unspecified atom stereocenters. The predicted octanol–water partition coefficient (Wildman–Crippen LogP) is 3.46. The summed E-state index contributed by atoms with van der Waals surface area (Å²) in [5.41, 5.74) is 0.897. The molecule has 0 saturated heterocycles. The Kier molecular flexibility index (Phi) is 5.28. The minimum atomic E-state index is -0.799. The number of nitrogens with zero attached hydrogens (tertiary/aromatic N) is 1. The van der Waals surface area contributed by atoms with Crippen LogP contribution < -0.4 is 5.32 Å². The van der Waals surface area contributed by atoms with E-state index < -0.39 is 12.0 Å². The van der Waals surface area contributed by atoms with Crippen molar-refractivity contribution in [2.45, 2.75) is 32.9 Å². The van der Waals surface area contributed by atoms with Crippen LogP contribution >= 0.6 is 22.7 Å². The van der Waals surface area contributed by atoms with Crippen LogP contribution in [-0.2, 0) is 11.3 Å². The first-order chi connectivity index (χ1) is 9.56. The zero-order valence-corrected chi connectivity index (χ0v) is 13.1. The van der Waals surface area contributed by atoms with Gasteiger partial charge in [-0.2, -0.15) is 0 Å². The first kappa shape index (κ1) is 15.2. The number of rotatable bonds is 7. The van der Waals surface area contributed by atoms with Crippen LogP contribution in [0.2, 0.25) is 0 Å². The van der Waals surface area contributed by atoms with Crippen LogP contribution in [0.15, 0.2) is 22.9 Å². The van der Waals surface area contributed by atoms with E-state index >= 15 is 0 Å². The highest BCUT2D eigenvalue weighted by Crippen LogP contribution is 2.27. The van der Waals surface area contributed by atoms with Gasteiger partial charge in [-0.15, -0.1) is 22.7 Å². The molecular formula is C14H18N2O2S2. The van der Waals surface area contributed by atoms with Crippen molar-refractivity contribution >= 4 is 28.6 Å². The average Bonchev–Trinajstić information content (AvgIpc) is 3.03. The predicted molar refractivity (Wildman–Crippen MR) is 83.1 cm³/mol. The third-order valence-corrected chi connectivity index (χ3v) is 4.75. The fourth-order valence-electron chi connectivity index (χ4n) is 1.87. The number of aromatic nitrogens is 1. The second kappa shape index (κ2) is 6.97. The van der Waals surface area contributed by atoms with Crippen LogP contribution in [0.1, 0.15) is 26.0 Å². The zero-order chi connectivity index (χ0) is 14.5. The molecule has 2 aromatic rings. The Balaban J connectivity index is 1.95. The lowest BCUT2D eigenvalue weighted by molar-refractivity contribution is -0.140. The molecule has 0 spiro atoms. The lowest BCUT2D eigenvalue weighted by Crippen LogP contribution is -2.37. The molecular weight excluding hydrogens is 292 g/mol. The highest BCUT2D eigenvalue weighted by Gasteiger charge is 2.18. The maximum Gasteiger partial charge on any atom is 0.320 e. The third kappa shape index (κ3) is 4.13. The van der Waals surface area contributed by atoms with Crippen LogP contribution in [0, 0.1) is 5.92 Å². The molecule has 20 heavy (non-hydrogen) atoms. The molecule has 108 valence electrons. The summed E-state index contributed by atoms with van der Waals surface area (Å²) >= 11 is 3.25. The molecule has 1 atom stereocenters. The third-order valence-electron chi connectivity index (χ3n) is 2.82. The summed E-state index contributed by atoms with van der Waals surface area (Å²) in [6.45, 7) is 4.54. The SMILES string of the molecule is CC(C)C[C@@H](NCc1csc(-c2cccs2)n1)C(=O)O. The van der Waals surface area contributed by atoms with E-state index in [9.17, 15) is 9.90 Å². The minimum Gasteiger partial charge on any atom is -0.480 e. The zero-order valence-electron chi connectivity index (χ0n) is 11.5. The van der Waals surface area contributed by atoms with Gasteiger partial charge in [-0.25, -0.2) is 4.98 Å². The van der Waals surface area contributed by atoms with Gasteiger partial charge in [0.25, 0.3) is 0 Å². The number of carboxylic acid groups (broad SMARTS) is 1. The Labute approximate surface area is 126 Å². The van der Waals surface area contributed by atoms with Gasteiger partial charge < -0.3 is 5.11 Å². The van der Waals surface area contributed by atoms with Crippen molar-refractivity contribution in [1.82, 2.24) is 10.3 Å². The van der Waals surface area contributed by atoms with E-state index in [1.807, 2.05) is 36.7 Å². The maximum absolute atomic E-state index is 11.2. The lowest BCUT2D eigenvalue weighted by atomic mass is 10.0. The summed E-state index contributed by atoms with van der Waals surface area (Å²) in [6.07, 6.45) is 0.622. The van der Waals surface area contributed by atoms with E-state index in [-0.39, 0.29) is 0 Å². The lowest BCUT2D eigenvalue weighted by Gasteiger charge is -2.15. The van der Waals surface area contributed by atoms with Crippen LogP contribution in [0.25, 0.3) is 9.88 Å². The van der Waals surface area contributed by atoms with E-state index in [2.05, 4.69) is 10.3 Å². The molecule has 0 bridgehead atoms. The quantitative estimate of drug-likeness (QED) is 0.822. The fraction of sp³-hybridized carbons (Fsp3) is 0.429. The van der Waals surface area contributed by atoms with Gasteiger partial charge in [-0.05, 0) is 23.8 Å². The Hall–Kier alpha value is -1.24. The Morgan fingerprint density at radius 3 is 2.85 bits per heavy atom. The molecule has 0 aliphatic carbocycles. The fourth-order valence-corrected chi connectivity index (χ4v) is 3.51. The van der Waals surface area contributed by atoms with Crippen molar-refractivity contribution in [2.75, 3.05) is 0 Å². The number of carbonyl (C=O) groups is 1. The summed E-state index contributed by atoms with van der Waals surface area (Å²) < 4.78 is 0. The monoisotopic (exact) mass is 310 g/mol. The van der Waals surface area contributed by atoms with Crippen molar-refractivity contribution in [1.29, 1.82) is 0 Å². The molecule has 2 aromatic heterocycles. The van der Waals surface area contributed by atoms with Gasteiger partial charge in [0.05, 0.1) is 10.6 Å². The van der Waals surface area contributed by atoms with Gasteiger partial charge in [0, 0.05) is 11.9 Å². The van der Waals surface area contributed by atoms with Gasteiger partial charge in [0.2, 0.25) is 0 Å². The van der Waals surface area contributed by atoms with Gasteiger partial charge in [0.1, 0.15) is 11.0 Å². The van der Waals surface area contributed by atoms with E-state index in [1.165, 1.54) is 0 Å². The van der Waals surface area contributed by atoms with Gasteiger partial charge >= 0.3 is 5.97 Å². The van der Waals surface area contributed by atoms with Crippen LogP contribution in [-0.4, -0.2) is 22.1 Å². The van der Waals surface area contributed by atoms with E-state index in [4.69, 9.17) is 0 Å². The molecule has 0 aliphatic heterocycles. The van der Waals surface area contributed by atoms with Gasteiger partial charge in [0.15, 0.2) is 0 Å². The van der Waals surface area contributed by atoms with Crippen LogP contribution in [0.5, 0.6) is 0 Å². The summed E-state index contributed by atoms with van der Waals surface area (Å²) in [7, 11) is 0. The topological polar surface area (TPSA) is 62.2 Å². The number of hydrogen-bond donors (Lipinski definition) is 2. The highest BCUT2D eigenvalue weighted by molar-refractivity contribution is 7.20. The Morgan fingerprint density at radius 1 is 1.45 bits per heavy atom. The van der Waals surface area contributed by atoms with Crippen LogP contribution in [0.3, 0.4) is 0 Å². The number of thiazole rings is 1. The smallest absolute Gasteiger partial charge is 0.320 e. The van der Waals surface area contributed by atoms with E-state index in [0.29, 0.717) is 18.9 Å². The Morgan fingerprint density at radius 2 is 2.25 bits per heavy atom. The molecule has 2 heterocycles. The van der Waals surface area contributed by atoms with Crippen molar-refractivity contribution in [3.63, 3.8) is 0 Å². The number of aliphatic carboxylic acids is 1. The summed E-state index contributed by atoms with van der Waals surface area (Å²) in [4.78, 5) is 16.9. The number of carboxylic acids is 1. The van der Waals surface area contributed by atoms with E-state index in [1.54, 1.807) is 22.7 Å². The summed E-state index contributed by atoms with van der Waals surface area (Å²) in [6, 6.07) is 3.53. The standard InChI is InChI=1S/C14H18N2O2S2/c1-9(2)6-11(14(17)18)15-7-10-8-20-13(16-10)12-4-3-5-19-12/h3-5,8-9,11,15H,6-7H2,1-2H3,(H,17,18)/t11-/m1/s1. The molecule has 2 rings (SSSR count). The molecule has 0 aromatic carbocycles. The highest BCUT2D eigenvalue weighted by atomic mass is 32.1. The molecule has 4 nitrogen and oxygen atoms in total. The van der Waals surface area contributed by atoms with Crippen molar-refractivity contribution in [3.05, 3.63) is 28.6 Å². The average molecular weight is 310 g/mol. The first-order valence-electron chi connectivity index (χ1n) is 6.50. The van der Waals surface area contributed by atoms with Crippen LogP contribution in [0.4, 0.5) is 0 Å². The summed E-state index contributed by atoms with van der Waals surface area (Å²) in [5.74, 6) is -0.451. The largest absolute Gasteiger partial charge is 0.480 e. The van der Waals surface area contributed by atoms with E-state index in [0.717, 1.165) is 15.6 Å². The molecule has 0 radical (unpaired) electrons. The second-order valence-corrected chi connectivity index (χ2v) is 6.83.